The average molecular weight is 455 g/mol. The summed E-state index contributed by atoms with van der Waals surface area (Å²) in [5.74, 6) is 2.13. The molecule has 6 heteroatoms. The lowest BCUT2D eigenvalue weighted by molar-refractivity contribution is 0.409. The van der Waals surface area contributed by atoms with Crippen molar-refractivity contribution in [3.8, 4) is 11.5 Å². The molecule has 0 heterocycles. The highest BCUT2D eigenvalue weighted by molar-refractivity contribution is 14.0. The summed E-state index contributed by atoms with van der Waals surface area (Å²) in [7, 11) is 3.33. The van der Waals surface area contributed by atoms with E-state index >= 15 is 0 Å². The molecule has 25 heavy (non-hydrogen) atoms. The van der Waals surface area contributed by atoms with E-state index in [2.05, 4.69) is 10.3 Å². The summed E-state index contributed by atoms with van der Waals surface area (Å²) in [5, 5.41) is 3.13. The molecule has 0 radical (unpaired) electrons. The molecule has 2 aromatic rings. The number of benzene rings is 2. The summed E-state index contributed by atoms with van der Waals surface area (Å²) in [6, 6.07) is 14.1. The van der Waals surface area contributed by atoms with Crippen LogP contribution in [-0.2, 0) is 13.0 Å². The summed E-state index contributed by atoms with van der Waals surface area (Å²) >= 11 is 0. The average Bonchev–Trinajstić information content (AvgIpc) is 2.61. The van der Waals surface area contributed by atoms with Crippen LogP contribution in [0.4, 0.5) is 0 Å². The van der Waals surface area contributed by atoms with E-state index in [4.69, 9.17) is 15.2 Å². The first-order valence-electron chi connectivity index (χ1n) is 7.92. The maximum absolute atomic E-state index is 5.93. The number of aliphatic imine (C=N–C) groups is 1. The van der Waals surface area contributed by atoms with Gasteiger partial charge in [-0.2, -0.15) is 0 Å². The molecule has 0 bridgehead atoms. The SMILES string of the molecule is COc1ccc(CCNC(N)=NCc2ccc(C)cc2OC)cc1.I. The number of nitrogens with two attached hydrogens (primary N) is 1. The van der Waals surface area contributed by atoms with E-state index in [0.29, 0.717) is 12.5 Å². The van der Waals surface area contributed by atoms with Crippen molar-refractivity contribution in [2.45, 2.75) is 19.9 Å². The topological polar surface area (TPSA) is 68.9 Å². The van der Waals surface area contributed by atoms with Crippen LogP contribution < -0.4 is 20.5 Å². The summed E-state index contributed by atoms with van der Waals surface area (Å²) in [4.78, 5) is 4.37. The molecule has 0 fully saturated rings. The van der Waals surface area contributed by atoms with Gasteiger partial charge in [0.05, 0.1) is 20.8 Å². The van der Waals surface area contributed by atoms with E-state index < -0.39 is 0 Å². The number of guanidine groups is 1. The third-order valence-corrected chi connectivity index (χ3v) is 3.74. The minimum Gasteiger partial charge on any atom is -0.497 e. The lowest BCUT2D eigenvalue weighted by Gasteiger charge is -2.09. The zero-order valence-electron chi connectivity index (χ0n) is 14.9. The summed E-state index contributed by atoms with van der Waals surface area (Å²) < 4.78 is 10.5. The van der Waals surface area contributed by atoms with Crippen LogP contribution in [-0.4, -0.2) is 26.7 Å². The Labute approximate surface area is 166 Å². The third kappa shape index (κ3) is 6.81. The van der Waals surface area contributed by atoms with Crippen molar-refractivity contribution >= 4 is 29.9 Å². The van der Waals surface area contributed by atoms with Gasteiger partial charge in [0.2, 0.25) is 0 Å². The fourth-order valence-corrected chi connectivity index (χ4v) is 2.34. The van der Waals surface area contributed by atoms with Gasteiger partial charge in [-0.05, 0) is 42.7 Å². The molecular formula is C19H26IN3O2. The van der Waals surface area contributed by atoms with Crippen molar-refractivity contribution < 1.29 is 9.47 Å². The Morgan fingerprint density at radius 1 is 1.08 bits per heavy atom. The van der Waals surface area contributed by atoms with Crippen LogP contribution in [0.3, 0.4) is 0 Å². The number of methoxy groups -OCH3 is 2. The van der Waals surface area contributed by atoms with Crippen LogP contribution >= 0.6 is 24.0 Å². The van der Waals surface area contributed by atoms with E-state index in [1.807, 2.05) is 49.4 Å². The van der Waals surface area contributed by atoms with Gasteiger partial charge in [0.25, 0.3) is 0 Å². The molecule has 0 spiro atoms. The molecule has 0 aliphatic carbocycles. The van der Waals surface area contributed by atoms with Crippen molar-refractivity contribution in [2.75, 3.05) is 20.8 Å². The zero-order valence-corrected chi connectivity index (χ0v) is 17.2. The number of nitrogens with zero attached hydrogens (tertiary/aromatic N) is 1. The maximum Gasteiger partial charge on any atom is 0.188 e. The van der Waals surface area contributed by atoms with Gasteiger partial charge in [0.15, 0.2) is 5.96 Å². The second kappa shape index (κ2) is 10.8. The van der Waals surface area contributed by atoms with Crippen molar-refractivity contribution in [2.24, 2.45) is 10.7 Å². The molecule has 2 aromatic carbocycles. The van der Waals surface area contributed by atoms with Crippen LogP contribution in [0, 0.1) is 6.92 Å². The minimum absolute atomic E-state index is 0. The molecule has 2 rings (SSSR count). The normalized spacial score (nSPS) is 10.8. The number of nitrogens with one attached hydrogen (secondary N) is 1. The third-order valence-electron chi connectivity index (χ3n) is 3.74. The van der Waals surface area contributed by atoms with Gasteiger partial charge in [-0.1, -0.05) is 24.3 Å². The molecule has 0 saturated heterocycles. The van der Waals surface area contributed by atoms with Crippen LogP contribution in [0.15, 0.2) is 47.5 Å². The highest BCUT2D eigenvalue weighted by Gasteiger charge is 2.03. The predicted octanol–water partition coefficient (Wildman–Crippen LogP) is 3.28. The second-order valence-corrected chi connectivity index (χ2v) is 5.54. The van der Waals surface area contributed by atoms with Gasteiger partial charge in [0.1, 0.15) is 11.5 Å². The first kappa shape index (κ1) is 21.1. The Hall–Kier alpha value is -1.96. The summed E-state index contributed by atoms with van der Waals surface area (Å²) in [6.07, 6.45) is 0.869. The quantitative estimate of drug-likeness (QED) is 0.382. The number of hydrogen-bond acceptors (Lipinski definition) is 3. The van der Waals surface area contributed by atoms with Gasteiger partial charge >= 0.3 is 0 Å². The summed E-state index contributed by atoms with van der Waals surface area (Å²) in [6.45, 7) is 3.25. The monoisotopic (exact) mass is 455 g/mol. The van der Waals surface area contributed by atoms with E-state index in [1.54, 1.807) is 14.2 Å². The number of aryl methyl sites for hydroxylation is 1. The first-order chi connectivity index (χ1) is 11.6. The fourth-order valence-electron chi connectivity index (χ4n) is 2.34. The molecule has 0 amide bonds. The smallest absolute Gasteiger partial charge is 0.188 e. The molecule has 3 N–H and O–H groups in total. The van der Waals surface area contributed by atoms with Crippen molar-refractivity contribution in [3.05, 3.63) is 59.2 Å². The lowest BCUT2D eigenvalue weighted by Crippen LogP contribution is -2.33. The number of hydrogen-bond donors (Lipinski definition) is 2. The minimum atomic E-state index is 0. The van der Waals surface area contributed by atoms with Gasteiger partial charge in [-0.25, -0.2) is 4.99 Å². The Balaban J connectivity index is 0.00000312. The number of rotatable bonds is 7. The van der Waals surface area contributed by atoms with E-state index in [1.165, 1.54) is 5.56 Å². The highest BCUT2D eigenvalue weighted by atomic mass is 127. The molecule has 0 unspecified atom stereocenters. The lowest BCUT2D eigenvalue weighted by atomic mass is 10.1. The molecule has 0 aliphatic heterocycles. The largest absolute Gasteiger partial charge is 0.497 e. The van der Waals surface area contributed by atoms with Crippen molar-refractivity contribution in [3.63, 3.8) is 0 Å². The Morgan fingerprint density at radius 2 is 1.80 bits per heavy atom. The summed E-state index contributed by atoms with van der Waals surface area (Å²) in [5.41, 5.74) is 9.32. The standard InChI is InChI=1S/C19H25N3O2.HI/c1-14-4-7-16(18(12-14)24-3)13-22-19(20)21-11-10-15-5-8-17(23-2)9-6-15;/h4-9,12H,10-11,13H2,1-3H3,(H3,20,21,22);1H. The van der Waals surface area contributed by atoms with E-state index in [-0.39, 0.29) is 24.0 Å². The highest BCUT2D eigenvalue weighted by Crippen LogP contribution is 2.20. The molecular weight excluding hydrogens is 429 g/mol. The fraction of sp³-hybridized carbons (Fsp3) is 0.316. The van der Waals surface area contributed by atoms with Crippen molar-refractivity contribution in [1.29, 1.82) is 0 Å². The van der Waals surface area contributed by atoms with Crippen LogP contribution in [0.1, 0.15) is 16.7 Å². The van der Waals surface area contributed by atoms with Crippen LogP contribution in [0.2, 0.25) is 0 Å². The van der Waals surface area contributed by atoms with Gasteiger partial charge in [0, 0.05) is 12.1 Å². The molecule has 5 nitrogen and oxygen atoms in total. The Bertz CT molecular complexity index is 688. The molecule has 0 saturated carbocycles. The Morgan fingerprint density at radius 3 is 2.44 bits per heavy atom. The van der Waals surface area contributed by atoms with Gasteiger partial charge < -0.3 is 20.5 Å². The van der Waals surface area contributed by atoms with Crippen LogP contribution in [0.25, 0.3) is 0 Å². The van der Waals surface area contributed by atoms with Gasteiger partial charge in [-0.15, -0.1) is 24.0 Å². The van der Waals surface area contributed by atoms with E-state index in [0.717, 1.165) is 35.6 Å². The number of ether oxygens (including phenoxy) is 2. The van der Waals surface area contributed by atoms with E-state index in [9.17, 15) is 0 Å². The molecule has 0 atom stereocenters. The zero-order chi connectivity index (χ0) is 17.4. The molecule has 136 valence electrons. The van der Waals surface area contributed by atoms with Crippen molar-refractivity contribution in [1.82, 2.24) is 5.32 Å². The van der Waals surface area contributed by atoms with Gasteiger partial charge in [-0.3, -0.25) is 0 Å². The second-order valence-electron chi connectivity index (χ2n) is 5.54. The molecule has 0 aromatic heterocycles. The first-order valence-corrected chi connectivity index (χ1v) is 7.92. The predicted molar refractivity (Wildman–Crippen MR) is 113 cm³/mol. The molecule has 0 aliphatic rings. The Kier molecular flexibility index (Phi) is 9.12. The maximum atomic E-state index is 5.93. The number of halogens is 1. The van der Waals surface area contributed by atoms with Crippen LogP contribution in [0.5, 0.6) is 11.5 Å².